The number of hydrogen-bond donors (Lipinski definition) is 3. The minimum atomic E-state index is -0.473. The van der Waals surface area contributed by atoms with Crippen LogP contribution in [0.15, 0.2) is 53.9 Å². The number of rotatable bonds is 8. The van der Waals surface area contributed by atoms with Crippen molar-refractivity contribution < 1.29 is 19.4 Å². The van der Waals surface area contributed by atoms with Gasteiger partial charge in [-0.25, -0.2) is 0 Å². The number of benzene rings is 2. The van der Waals surface area contributed by atoms with Crippen LogP contribution in [0.2, 0.25) is 0 Å². The van der Waals surface area contributed by atoms with Gasteiger partial charge in [0.25, 0.3) is 0 Å². The Labute approximate surface area is 208 Å². The molecule has 2 aliphatic heterocycles. The molecule has 2 aliphatic rings. The molecule has 3 heterocycles. The maximum absolute atomic E-state index is 12.0. The lowest BCUT2D eigenvalue weighted by Gasteiger charge is -2.26. The summed E-state index contributed by atoms with van der Waals surface area (Å²) in [5, 5.41) is 18.0. The molecule has 2 amide bonds. The van der Waals surface area contributed by atoms with Crippen LogP contribution >= 0.6 is 11.3 Å². The molecule has 1 aromatic heterocycles. The van der Waals surface area contributed by atoms with Gasteiger partial charge in [-0.15, -0.1) is 11.3 Å². The largest absolute Gasteiger partial charge is 0.507 e. The highest BCUT2D eigenvalue weighted by Gasteiger charge is 2.26. The Morgan fingerprint density at radius 3 is 2.74 bits per heavy atom. The molecule has 1 unspecified atom stereocenters. The summed E-state index contributed by atoms with van der Waals surface area (Å²) < 4.78 is 6.04. The average molecular weight is 492 g/mol. The first kappa shape index (κ1) is 23.5. The zero-order valence-corrected chi connectivity index (χ0v) is 20.3. The number of amides is 2. The highest BCUT2D eigenvalue weighted by atomic mass is 32.1. The van der Waals surface area contributed by atoms with Gasteiger partial charge in [-0.1, -0.05) is 30.3 Å². The van der Waals surface area contributed by atoms with Crippen molar-refractivity contribution in [2.75, 3.05) is 6.54 Å². The molecule has 1 atom stereocenters. The van der Waals surface area contributed by atoms with Gasteiger partial charge in [-0.3, -0.25) is 19.8 Å². The molecule has 0 aliphatic carbocycles. The fourth-order valence-corrected chi connectivity index (χ4v) is 5.47. The van der Waals surface area contributed by atoms with E-state index in [0.717, 1.165) is 31.6 Å². The molecule has 35 heavy (non-hydrogen) atoms. The first-order valence-corrected chi connectivity index (χ1v) is 12.8. The number of phenolic OH excluding ortho intramolecular Hbond substituents is 1. The van der Waals surface area contributed by atoms with Gasteiger partial charge in [0.05, 0.1) is 6.04 Å². The van der Waals surface area contributed by atoms with Crippen molar-refractivity contribution in [3.63, 3.8) is 0 Å². The molecule has 3 aromatic rings. The third kappa shape index (κ3) is 5.73. The van der Waals surface area contributed by atoms with E-state index in [-0.39, 0.29) is 24.1 Å². The molecular formula is C27H29N3O4S. The predicted molar refractivity (Wildman–Crippen MR) is 134 cm³/mol. The smallest absolute Gasteiger partial charge is 0.243 e. The molecule has 3 N–H and O–H groups in total. The lowest BCUT2D eigenvalue weighted by Crippen LogP contribution is -2.50. The van der Waals surface area contributed by atoms with Gasteiger partial charge >= 0.3 is 0 Å². The highest BCUT2D eigenvalue weighted by molar-refractivity contribution is 7.10. The Morgan fingerprint density at radius 2 is 1.91 bits per heavy atom. The van der Waals surface area contributed by atoms with Crippen molar-refractivity contribution in [1.29, 1.82) is 0 Å². The van der Waals surface area contributed by atoms with Crippen molar-refractivity contribution in [2.45, 2.75) is 51.5 Å². The van der Waals surface area contributed by atoms with Crippen LogP contribution in [0.5, 0.6) is 11.5 Å². The number of thiophene rings is 1. The Hall–Kier alpha value is -3.20. The summed E-state index contributed by atoms with van der Waals surface area (Å²) in [6, 6.07) is 15.4. The van der Waals surface area contributed by atoms with E-state index in [9.17, 15) is 14.7 Å². The summed E-state index contributed by atoms with van der Waals surface area (Å²) in [4.78, 5) is 27.4. The minimum absolute atomic E-state index is 0.105. The Bertz CT molecular complexity index is 1210. The number of hydrogen-bond acceptors (Lipinski definition) is 7. The van der Waals surface area contributed by atoms with E-state index in [1.807, 2.05) is 17.4 Å². The van der Waals surface area contributed by atoms with Crippen LogP contribution in [0.4, 0.5) is 0 Å². The number of aromatic hydroxyl groups is 1. The molecule has 0 saturated carbocycles. The van der Waals surface area contributed by atoms with E-state index >= 15 is 0 Å². The van der Waals surface area contributed by atoms with E-state index in [0.29, 0.717) is 30.8 Å². The fourth-order valence-electron chi connectivity index (χ4n) is 4.58. The number of carbonyl (C=O) groups is 2. The molecule has 7 nitrogen and oxygen atoms in total. The van der Waals surface area contributed by atoms with E-state index in [4.69, 9.17) is 4.74 Å². The summed E-state index contributed by atoms with van der Waals surface area (Å²) in [5.41, 5.74) is 4.37. The maximum Gasteiger partial charge on any atom is 0.243 e. The standard InChI is InChI=1S/C27H29N3O4S/c31-23-2-1-3-24(21(23)14-28-22-8-9-26(32)29-27(22)33)34-17-19-6-4-18(5-7-19)15-30-12-10-25-20(16-30)11-13-35-25/h1-7,11,13,22,28,31H,8-10,12,14-17H2,(H,29,32,33). The summed E-state index contributed by atoms with van der Waals surface area (Å²) in [6.45, 7) is 3.66. The maximum atomic E-state index is 12.0. The second-order valence-electron chi connectivity index (χ2n) is 9.07. The van der Waals surface area contributed by atoms with E-state index < -0.39 is 6.04 Å². The third-order valence-corrected chi connectivity index (χ3v) is 7.61. The zero-order chi connectivity index (χ0) is 24.2. The Kier molecular flexibility index (Phi) is 7.13. The van der Waals surface area contributed by atoms with Crippen molar-refractivity contribution in [2.24, 2.45) is 0 Å². The quantitative estimate of drug-likeness (QED) is 0.418. The predicted octanol–water partition coefficient (Wildman–Crippen LogP) is 3.49. The minimum Gasteiger partial charge on any atom is -0.507 e. The Balaban J connectivity index is 1.16. The van der Waals surface area contributed by atoms with E-state index in [1.165, 1.54) is 16.0 Å². The number of nitrogens with zero attached hydrogens (tertiary/aromatic N) is 1. The van der Waals surface area contributed by atoms with Gasteiger partial charge in [-0.05, 0) is 53.1 Å². The van der Waals surface area contributed by atoms with Gasteiger partial charge in [0.15, 0.2) is 0 Å². The Morgan fingerprint density at radius 1 is 1.09 bits per heavy atom. The normalized spacial score (nSPS) is 18.2. The van der Waals surface area contributed by atoms with Crippen LogP contribution in [0, 0.1) is 0 Å². The van der Waals surface area contributed by atoms with Crippen LogP contribution in [-0.4, -0.2) is 34.4 Å². The number of piperidine rings is 1. The number of imide groups is 1. The number of fused-ring (bicyclic) bond motifs is 1. The number of carbonyl (C=O) groups excluding carboxylic acids is 2. The van der Waals surface area contributed by atoms with Crippen LogP contribution in [0.1, 0.15) is 40.0 Å². The SMILES string of the molecule is O=C1CCC(NCc2c(O)cccc2OCc2ccc(CN3CCc4sccc4C3)cc2)C(=O)N1. The van der Waals surface area contributed by atoms with Gasteiger partial charge in [0.1, 0.15) is 18.1 Å². The topological polar surface area (TPSA) is 90.9 Å². The molecule has 1 fully saturated rings. The monoisotopic (exact) mass is 491 g/mol. The lowest BCUT2D eigenvalue weighted by molar-refractivity contribution is -0.134. The van der Waals surface area contributed by atoms with Crippen molar-refractivity contribution in [3.8, 4) is 11.5 Å². The zero-order valence-electron chi connectivity index (χ0n) is 19.5. The van der Waals surface area contributed by atoms with Crippen LogP contribution in [0.3, 0.4) is 0 Å². The summed E-state index contributed by atoms with van der Waals surface area (Å²) in [6.07, 6.45) is 1.87. The number of nitrogens with one attached hydrogen (secondary N) is 2. The first-order chi connectivity index (χ1) is 17.0. The molecule has 2 aromatic carbocycles. The van der Waals surface area contributed by atoms with Gasteiger partial charge in [-0.2, -0.15) is 0 Å². The van der Waals surface area contributed by atoms with E-state index in [1.54, 1.807) is 12.1 Å². The summed E-state index contributed by atoms with van der Waals surface area (Å²) in [5.74, 6) is 0.0828. The highest BCUT2D eigenvalue weighted by Crippen LogP contribution is 2.29. The second kappa shape index (κ2) is 10.6. The van der Waals surface area contributed by atoms with Crippen molar-refractivity contribution >= 4 is 23.2 Å². The number of ether oxygens (including phenoxy) is 1. The molecule has 0 bridgehead atoms. The van der Waals surface area contributed by atoms with Crippen molar-refractivity contribution in [1.82, 2.24) is 15.5 Å². The molecular weight excluding hydrogens is 462 g/mol. The summed E-state index contributed by atoms with van der Waals surface area (Å²) >= 11 is 1.86. The van der Waals surface area contributed by atoms with Crippen LogP contribution < -0.4 is 15.4 Å². The average Bonchev–Trinajstić information content (AvgIpc) is 3.32. The third-order valence-electron chi connectivity index (χ3n) is 6.58. The molecule has 0 spiro atoms. The molecule has 0 radical (unpaired) electrons. The number of phenols is 1. The molecule has 1 saturated heterocycles. The second-order valence-corrected chi connectivity index (χ2v) is 10.1. The fraction of sp³-hybridized carbons (Fsp3) is 0.333. The molecule has 182 valence electrons. The lowest BCUT2D eigenvalue weighted by atomic mass is 10.1. The molecule has 5 rings (SSSR count). The summed E-state index contributed by atoms with van der Waals surface area (Å²) in [7, 11) is 0. The van der Waals surface area contributed by atoms with Gasteiger partial charge in [0.2, 0.25) is 11.8 Å². The van der Waals surface area contributed by atoms with Gasteiger partial charge in [0, 0.05) is 43.0 Å². The van der Waals surface area contributed by atoms with E-state index in [2.05, 4.69) is 51.2 Å². The van der Waals surface area contributed by atoms with Crippen LogP contribution in [-0.2, 0) is 42.3 Å². The van der Waals surface area contributed by atoms with Crippen LogP contribution in [0.25, 0.3) is 0 Å². The first-order valence-electron chi connectivity index (χ1n) is 11.9. The van der Waals surface area contributed by atoms with Crippen molar-refractivity contribution in [3.05, 3.63) is 81.0 Å². The van der Waals surface area contributed by atoms with Gasteiger partial charge < -0.3 is 15.2 Å². The molecule has 8 heteroatoms.